The second-order valence-corrected chi connectivity index (χ2v) is 7.02. The van der Waals surface area contributed by atoms with Crippen molar-refractivity contribution in [3.63, 3.8) is 0 Å². The molecule has 0 fully saturated rings. The van der Waals surface area contributed by atoms with Gasteiger partial charge in [-0.15, -0.1) is 0 Å². The summed E-state index contributed by atoms with van der Waals surface area (Å²) in [6.45, 7) is 3.55. The number of hydrogen-bond acceptors (Lipinski definition) is 5. The minimum atomic E-state index is -0.780. The minimum Gasteiger partial charge on any atom is -0.392 e. The Balaban J connectivity index is 1.88. The van der Waals surface area contributed by atoms with E-state index >= 15 is 0 Å². The molecule has 0 spiro atoms. The van der Waals surface area contributed by atoms with Crippen LogP contribution in [-0.2, 0) is 21.1 Å². The zero-order chi connectivity index (χ0) is 18.0. The van der Waals surface area contributed by atoms with E-state index in [1.165, 1.54) is 6.92 Å². The van der Waals surface area contributed by atoms with Gasteiger partial charge in [-0.2, -0.15) is 16.9 Å². The number of rotatable bonds is 4. The van der Waals surface area contributed by atoms with Gasteiger partial charge >= 0.3 is 11.8 Å². The van der Waals surface area contributed by atoms with Crippen LogP contribution in [0.4, 0.5) is 5.82 Å². The Morgan fingerprint density at radius 2 is 2.16 bits per heavy atom. The molecule has 0 saturated carbocycles. The zero-order valence-electron chi connectivity index (χ0n) is 14.1. The zero-order valence-corrected chi connectivity index (χ0v) is 14.9. The van der Waals surface area contributed by atoms with Gasteiger partial charge in [0.25, 0.3) is 0 Å². The van der Waals surface area contributed by atoms with Crippen molar-refractivity contribution in [1.29, 1.82) is 0 Å². The Kier molecular flexibility index (Phi) is 5.10. The third-order valence-corrected chi connectivity index (χ3v) is 4.76. The lowest BCUT2D eigenvalue weighted by molar-refractivity contribution is -0.136. The van der Waals surface area contributed by atoms with E-state index in [1.807, 2.05) is 31.2 Å². The summed E-state index contributed by atoms with van der Waals surface area (Å²) in [6, 6.07) is 7.79. The lowest BCUT2D eigenvalue weighted by atomic mass is 10.2. The maximum absolute atomic E-state index is 12.2. The molecule has 25 heavy (non-hydrogen) atoms. The maximum atomic E-state index is 12.2. The number of anilines is 1. The smallest absolute Gasteiger partial charge is 0.314 e. The van der Waals surface area contributed by atoms with Crippen LogP contribution in [0.5, 0.6) is 0 Å². The number of amides is 2. The molecule has 3 rings (SSSR count). The van der Waals surface area contributed by atoms with Gasteiger partial charge in [0.1, 0.15) is 5.82 Å². The monoisotopic (exact) mass is 360 g/mol. The SMILES string of the molecule is Cc1cccc(-n2nc3c(c2NC(=O)C(=O)NC[C@@H](C)O)CSC3)c1. The van der Waals surface area contributed by atoms with E-state index in [-0.39, 0.29) is 6.54 Å². The Morgan fingerprint density at radius 3 is 2.88 bits per heavy atom. The van der Waals surface area contributed by atoms with Crippen LogP contribution >= 0.6 is 11.8 Å². The summed E-state index contributed by atoms with van der Waals surface area (Å²) in [5.74, 6) is 0.506. The maximum Gasteiger partial charge on any atom is 0.314 e. The molecule has 0 radical (unpaired) electrons. The number of aromatic nitrogens is 2. The molecule has 0 saturated heterocycles. The summed E-state index contributed by atoms with van der Waals surface area (Å²) in [5.41, 5.74) is 3.78. The Morgan fingerprint density at radius 1 is 1.36 bits per heavy atom. The van der Waals surface area contributed by atoms with Crippen molar-refractivity contribution < 1.29 is 14.7 Å². The molecule has 1 aromatic heterocycles. The van der Waals surface area contributed by atoms with E-state index in [0.717, 1.165) is 34.0 Å². The van der Waals surface area contributed by atoms with Crippen LogP contribution in [0, 0.1) is 6.92 Å². The van der Waals surface area contributed by atoms with Gasteiger partial charge in [0.2, 0.25) is 0 Å². The molecule has 2 amide bonds. The number of aliphatic hydroxyl groups excluding tert-OH is 1. The average molecular weight is 360 g/mol. The largest absolute Gasteiger partial charge is 0.392 e. The molecule has 1 atom stereocenters. The van der Waals surface area contributed by atoms with Crippen LogP contribution in [0.2, 0.25) is 0 Å². The number of carbonyl (C=O) groups excluding carboxylic acids is 2. The lowest BCUT2D eigenvalue weighted by Gasteiger charge is -2.12. The molecule has 1 aliphatic rings. The summed E-state index contributed by atoms with van der Waals surface area (Å²) in [5, 5.41) is 18.9. The van der Waals surface area contributed by atoms with Crippen LogP contribution in [0.15, 0.2) is 24.3 Å². The first kappa shape index (κ1) is 17.5. The van der Waals surface area contributed by atoms with Crippen LogP contribution in [0.3, 0.4) is 0 Å². The van der Waals surface area contributed by atoms with Gasteiger partial charge in [-0.25, -0.2) is 4.68 Å². The number of nitrogens with one attached hydrogen (secondary N) is 2. The number of aliphatic hydroxyl groups is 1. The van der Waals surface area contributed by atoms with Gasteiger partial charge in [-0.05, 0) is 31.5 Å². The summed E-state index contributed by atoms with van der Waals surface area (Å²) in [6.07, 6.45) is -0.713. The van der Waals surface area contributed by atoms with Crippen molar-refractivity contribution in [3.05, 3.63) is 41.1 Å². The molecule has 2 heterocycles. The molecule has 1 aliphatic heterocycles. The molecule has 3 N–H and O–H groups in total. The Bertz CT molecular complexity index is 816. The summed E-state index contributed by atoms with van der Waals surface area (Å²) in [7, 11) is 0. The fraction of sp³-hybridized carbons (Fsp3) is 0.353. The van der Waals surface area contributed by atoms with Crippen molar-refractivity contribution in [1.82, 2.24) is 15.1 Å². The Hall–Kier alpha value is -2.32. The number of aryl methyl sites for hydroxylation is 1. The van der Waals surface area contributed by atoms with E-state index in [1.54, 1.807) is 16.4 Å². The molecule has 132 valence electrons. The van der Waals surface area contributed by atoms with Crippen molar-refractivity contribution >= 4 is 29.4 Å². The number of thioether (sulfide) groups is 1. The average Bonchev–Trinajstić information content (AvgIpc) is 3.15. The van der Waals surface area contributed by atoms with E-state index < -0.39 is 17.9 Å². The Labute approximate surface area is 149 Å². The van der Waals surface area contributed by atoms with E-state index in [2.05, 4.69) is 15.7 Å². The predicted molar refractivity (Wildman–Crippen MR) is 96.6 cm³/mol. The number of nitrogens with zero attached hydrogens (tertiary/aromatic N) is 2. The van der Waals surface area contributed by atoms with Gasteiger partial charge in [-0.1, -0.05) is 12.1 Å². The third kappa shape index (κ3) is 3.85. The molecule has 0 bridgehead atoms. The second kappa shape index (κ2) is 7.28. The number of fused-ring (bicyclic) bond motifs is 1. The van der Waals surface area contributed by atoms with Crippen LogP contribution in [0.1, 0.15) is 23.7 Å². The molecule has 8 heteroatoms. The van der Waals surface area contributed by atoms with Crippen molar-refractivity contribution in [3.8, 4) is 5.69 Å². The molecule has 2 aromatic rings. The highest BCUT2D eigenvalue weighted by atomic mass is 32.2. The van der Waals surface area contributed by atoms with E-state index in [9.17, 15) is 14.7 Å². The van der Waals surface area contributed by atoms with E-state index in [4.69, 9.17) is 0 Å². The van der Waals surface area contributed by atoms with Gasteiger partial charge in [-0.3, -0.25) is 9.59 Å². The fourth-order valence-corrected chi connectivity index (χ4v) is 3.61. The number of benzene rings is 1. The summed E-state index contributed by atoms with van der Waals surface area (Å²) < 4.78 is 1.68. The van der Waals surface area contributed by atoms with Gasteiger partial charge < -0.3 is 15.7 Å². The number of hydrogen-bond donors (Lipinski definition) is 3. The third-order valence-electron chi connectivity index (χ3n) is 3.79. The van der Waals surface area contributed by atoms with Crippen LogP contribution < -0.4 is 10.6 Å². The normalized spacial score (nSPS) is 14.0. The molecular formula is C17H20N4O3S. The highest BCUT2D eigenvalue weighted by Crippen LogP contribution is 2.36. The minimum absolute atomic E-state index is 0.0252. The standard InChI is InChI=1S/C17H20N4O3S/c1-10-4-3-5-12(6-10)21-15(13-8-25-9-14(13)20-21)19-17(24)16(23)18-7-11(2)22/h3-6,11,22H,7-9H2,1-2H3,(H,18,23)(H,19,24)/t11-/m1/s1. The van der Waals surface area contributed by atoms with E-state index in [0.29, 0.717) is 5.82 Å². The highest BCUT2D eigenvalue weighted by Gasteiger charge is 2.26. The summed E-state index contributed by atoms with van der Waals surface area (Å²) in [4.78, 5) is 24.1. The molecule has 0 aliphatic carbocycles. The number of carbonyl (C=O) groups is 2. The predicted octanol–water partition coefficient (Wildman–Crippen LogP) is 1.36. The van der Waals surface area contributed by atoms with Crippen molar-refractivity contribution in [2.75, 3.05) is 11.9 Å². The molecular weight excluding hydrogens is 340 g/mol. The molecule has 7 nitrogen and oxygen atoms in total. The van der Waals surface area contributed by atoms with Crippen molar-refractivity contribution in [2.45, 2.75) is 31.5 Å². The van der Waals surface area contributed by atoms with Crippen molar-refractivity contribution in [2.24, 2.45) is 0 Å². The quantitative estimate of drug-likeness (QED) is 0.716. The first-order chi connectivity index (χ1) is 12.0. The fourth-order valence-electron chi connectivity index (χ4n) is 2.57. The first-order valence-corrected chi connectivity index (χ1v) is 9.14. The van der Waals surface area contributed by atoms with Gasteiger partial charge in [0.05, 0.1) is 17.5 Å². The van der Waals surface area contributed by atoms with Gasteiger partial charge in [0.15, 0.2) is 0 Å². The molecule has 1 aromatic carbocycles. The highest BCUT2D eigenvalue weighted by molar-refractivity contribution is 7.98. The lowest BCUT2D eigenvalue weighted by Crippen LogP contribution is -2.39. The molecule has 0 unspecified atom stereocenters. The topological polar surface area (TPSA) is 96.2 Å². The van der Waals surface area contributed by atoms with Gasteiger partial charge in [0, 0.05) is 23.6 Å². The van der Waals surface area contributed by atoms with Crippen LogP contribution in [-0.4, -0.2) is 39.4 Å². The second-order valence-electron chi connectivity index (χ2n) is 6.03. The summed E-state index contributed by atoms with van der Waals surface area (Å²) >= 11 is 1.72. The van der Waals surface area contributed by atoms with Crippen LogP contribution in [0.25, 0.3) is 5.69 Å². The first-order valence-electron chi connectivity index (χ1n) is 7.98.